The number of nitrogens with two attached hydrogens (primary N) is 1. The summed E-state index contributed by atoms with van der Waals surface area (Å²) in [5, 5.41) is 10.6. The molecule has 0 aliphatic rings. The maximum absolute atomic E-state index is 10.6. The molecule has 0 amide bonds. The summed E-state index contributed by atoms with van der Waals surface area (Å²) in [6.07, 6.45) is 7.93. The van der Waals surface area contributed by atoms with Crippen molar-refractivity contribution in [2.45, 2.75) is 83.8 Å². The number of hydrogen-bond donors (Lipinski definition) is 2. The standard InChI is InChI=1S/C19H33NO/c1-4-13-19(21,14-5-2)15-7-8-16-9-11-17(12-10-16)18(20)6-3/h9-12,18,21H,4-8,13-15,20H2,1-3H3. The molecule has 1 aromatic carbocycles. The molecule has 0 aliphatic heterocycles. The minimum Gasteiger partial charge on any atom is -0.390 e. The van der Waals surface area contributed by atoms with Gasteiger partial charge in [0.1, 0.15) is 0 Å². The molecule has 120 valence electrons. The Bertz CT molecular complexity index is 379. The van der Waals surface area contributed by atoms with Crippen LogP contribution in [-0.2, 0) is 6.42 Å². The molecule has 0 aliphatic carbocycles. The summed E-state index contributed by atoms with van der Waals surface area (Å²) in [5.74, 6) is 0. The average molecular weight is 291 g/mol. The molecule has 0 spiro atoms. The second-order valence-electron chi connectivity index (χ2n) is 6.33. The van der Waals surface area contributed by atoms with Crippen LogP contribution in [-0.4, -0.2) is 10.7 Å². The quantitative estimate of drug-likeness (QED) is 0.653. The lowest BCUT2D eigenvalue weighted by molar-refractivity contribution is 0.0112. The van der Waals surface area contributed by atoms with Crippen LogP contribution < -0.4 is 5.73 Å². The fourth-order valence-corrected chi connectivity index (χ4v) is 3.09. The number of hydrogen-bond acceptors (Lipinski definition) is 2. The van der Waals surface area contributed by atoms with Gasteiger partial charge in [0.05, 0.1) is 5.60 Å². The summed E-state index contributed by atoms with van der Waals surface area (Å²) in [5.41, 5.74) is 8.15. The van der Waals surface area contributed by atoms with E-state index in [1.807, 2.05) is 0 Å². The van der Waals surface area contributed by atoms with E-state index in [9.17, 15) is 5.11 Å². The van der Waals surface area contributed by atoms with Gasteiger partial charge in [-0.2, -0.15) is 0 Å². The van der Waals surface area contributed by atoms with Crippen molar-refractivity contribution in [3.8, 4) is 0 Å². The third-order valence-corrected chi connectivity index (χ3v) is 4.39. The van der Waals surface area contributed by atoms with Crippen LogP contribution in [0, 0.1) is 0 Å². The molecule has 2 nitrogen and oxygen atoms in total. The molecule has 3 N–H and O–H groups in total. The minimum atomic E-state index is -0.450. The second-order valence-corrected chi connectivity index (χ2v) is 6.33. The van der Waals surface area contributed by atoms with Crippen molar-refractivity contribution in [2.24, 2.45) is 5.73 Å². The summed E-state index contributed by atoms with van der Waals surface area (Å²) in [6.45, 7) is 6.41. The highest BCUT2D eigenvalue weighted by molar-refractivity contribution is 5.24. The highest BCUT2D eigenvalue weighted by Crippen LogP contribution is 2.26. The van der Waals surface area contributed by atoms with Crippen molar-refractivity contribution in [3.63, 3.8) is 0 Å². The van der Waals surface area contributed by atoms with E-state index in [0.29, 0.717) is 0 Å². The van der Waals surface area contributed by atoms with Gasteiger partial charge in [0.2, 0.25) is 0 Å². The zero-order chi connectivity index (χ0) is 15.7. The van der Waals surface area contributed by atoms with Crippen LogP contribution in [0.2, 0.25) is 0 Å². The van der Waals surface area contributed by atoms with Gasteiger partial charge >= 0.3 is 0 Å². The smallest absolute Gasteiger partial charge is 0.0647 e. The molecule has 0 radical (unpaired) electrons. The SMILES string of the molecule is CCCC(O)(CCC)CCCc1ccc(C(N)CC)cc1. The lowest BCUT2D eigenvalue weighted by atomic mass is 9.87. The van der Waals surface area contributed by atoms with Gasteiger partial charge in [-0.05, 0) is 49.7 Å². The van der Waals surface area contributed by atoms with Gasteiger partial charge in [0.25, 0.3) is 0 Å². The average Bonchev–Trinajstić information content (AvgIpc) is 2.47. The van der Waals surface area contributed by atoms with Crippen molar-refractivity contribution in [1.82, 2.24) is 0 Å². The molecule has 0 aromatic heterocycles. The van der Waals surface area contributed by atoms with Gasteiger partial charge in [0.15, 0.2) is 0 Å². The molecule has 1 atom stereocenters. The van der Waals surface area contributed by atoms with Crippen molar-refractivity contribution in [3.05, 3.63) is 35.4 Å². The van der Waals surface area contributed by atoms with Crippen molar-refractivity contribution >= 4 is 0 Å². The summed E-state index contributed by atoms with van der Waals surface area (Å²) in [4.78, 5) is 0. The van der Waals surface area contributed by atoms with Crippen LogP contribution in [0.5, 0.6) is 0 Å². The van der Waals surface area contributed by atoms with Crippen LogP contribution in [0.1, 0.15) is 82.9 Å². The molecule has 1 unspecified atom stereocenters. The highest BCUT2D eigenvalue weighted by Gasteiger charge is 2.23. The van der Waals surface area contributed by atoms with E-state index in [0.717, 1.165) is 51.4 Å². The molecule has 0 fully saturated rings. The Morgan fingerprint density at radius 3 is 2.05 bits per heavy atom. The first kappa shape index (κ1) is 18.2. The summed E-state index contributed by atoms with van der Waals surface area (Å²) >= 11 is 0. The number of rotatable bonds is 10. The molecule has 0 heterocycles. The third-order valence-electron chi connectivity index (χ3n) is 4.39. The van der Waals surface area contributed by atoms with Gasteiger partial charge in [-0.3, -0.25) is 0 Å². The van der Waals surface area contributed by atoms with Crippen LogP contribution >= 0.6 is 0 Å². The predicted octanol–water partition coefficient (Wildman–Crippen LogP) is 4.75. The van der Waals surface area contributed by atoms with E-state index >= 15 is 0 Å². The van der Waals surface area contributed by atoms with E-state index in [1.165, 1.54) is 11.1 Å². The molecule has 0 saturated heterocycles. The monoisotopic (exact) mass is 291 g/mol. The Hall–Kier alpha value is -0.860. The minimum absolute atomic E-state index is 0.151. The summed E-state index contributed by atoms with van der Waals surface area (Å²) in [6, 6.07) is 8.81. The van der Waals surface area contributed by atoms with Crippen molar-refractivity contribution in [2.75, 3.05) is 0 Å². The van der Waals surface area contributed by atoms with E-state index < -0.39 is 5.60 Å². The summed E-state index contributed by atoms with van der Waals surface area (Å²) in [7, 11) is 0. The van der Waals surface area contributed by atoms with E-state index in [4.69, 9.17) is 5.73 Å². The zero-order valence-electron chi connectivity index (χ0n) is 14.1. The normalized spacial score (nSPS) is 13.4. The first-order valence-electron chi connectivity index (χ1n) is 8.61. The topological polar surface area (TPSA) is 46.2 Å². The number of aliphatic hydroxyl groups is 1. The van der Waals surface area contributed by atoms with Gasteiger partial charge < -0.3 is 10.8 Å². The lowest BCUT2D eigenvalue weighted by Crippen LogP contribution is -2.28. The van der Waals surface area contributed by atoms with E-state index in [-0.39, 0.29) is 6.04 Å². The van der Waals surface area contributed by atoms with Crippen LogP contribution in [0.25, 0.3) is 0 Å². The first-order valence-corrected chi connectivity index (χ1v) is 8.61. The predicted molar refractivity (Wildman–Crippen MR) is 91.4 cm³/mol. The molecule has 0 bridgehead atoms. The van der Waals surface area contributed by atoms with Gasteiger partial charge in [-0.25, -0.2) is 0 Å². The van der Waals surface area contributed by atoms with Crippen LogP contribution in [0.3, 0.4) is 0 Å². The Morgan fingerprint density at radius 1 is 1.00 bits per heavy atom. The second kappa shape index (κ2) is 9.22. The highest BCUT2D eigenvalue weighted by atomic mass is 16.3. The van der Waals surface area contributed by atoms with Crippen molar-refractivity contribution in [1.29, 1.82) is 0 Å². The first-order chi connectivity index (χ1) is 10.0. The third kappa shape index (κ3) is 6.19. The fraction of sp³-hybridized carbons (Fsp3) is 0.684. The van der Waals surface area contributed by atoms with Crippen LogP contribution in [0.4, 0.5) is 0 Å². The number of benzene rings is 1. The molecule has 0 saturated carbocycles. The Kier molecular flexibility index (Phi) is 7.98. The van der Waals surface area contributed by atoms with E-state index in [2.05, 4.69) is 45.0 Å². The van der Waals surface area contributed by atoms with Crippen molar-refractivity contribution < 1.29 is 5.11 Å². The largest absolute Gasteiger partial charge is 0.390 e. The molecule has 1 rings (SSSR count). The number of aryl methyl sites for hydroxylation is 1. The zero-order valence-corrected chi connectivity index (χ0v) is 14.1. The Balaban J connectivity index is 2.47. The maximum atomic E-state index is 10.6. The van der Waals surface area contributed by atoms with Crippen LogP contribution in [0.15, 0.2) is 24.3 Å². The molecule has 1 aromatic rings. The maximum Gasteiger partial charge on any atom is 0.0647 e. The molecule has 2 heteroatoms. The van der Waals surface area contributed by atoms with E-state index in [1.54, 1.807) is 0 Å². The Morgan fingerprint density at radius 2 is 1.57 bits per heavy atom. The molecular formula is C19H33NO. The van der Waals surface area contributed by atoms with Gasteiger partial charge in [-0.15, -0.1) is 0 Å². The lowest BCUT2D eigenvalue weighted by Gasteiger charge is -2.27. The van der Waals surface area contributed by atoms with Gasteiger partial charge in [0, 0.05) is 6.04 Å². The molecule has 21 heavy (non-hydrogen) atoms. The Labute approximate surface area is 130 Å². The van der Waals surface area contributed by atoms with Gasteiger partial charge in [-0.1, -0.05) is 57.9 Å². The summed E-state index contributed by atoms with van der Waals surface area (Å²) < 4.78 is 0. The molecular weight excluding hydrogens is 258 g/mol. The fourth-order valence-electron chi connectivity index (χ4n) is 3.09.